The summed E-state index contributed by atoms with van der Waals surface area (Å²) in [5.74, 6) is 0. The molecular weight excluding hydrogens is 380 g/mol. The molecule has 6 rings (SSSR count). The van der Waals surface area contributed by atoms with Crippen LogP contribution in [-0.2, 0) is 0 Å². The Bertz CT molecular complexity index is 1200. The fraction of sp³-hybridized carbons (Fsp3) is 0.417. The smallest absolute Gasteiger partial charge is 0.0970 e. The van der Waals surface area contributed by atoms with Crippen molar-refractivity contribution >= 4 is 56.5 Å². The maximum Gasteiger partial charge on any atom is 0.0970 e. The SMILES string of the molecule is CC1CC2=c3c(c4cccnc4c4ncccc34)=C3CC(C)S[C@]3(C)[C@@]2(C)S1. The van der Waals surface area contributed by atoms with Crippen molar-refractivity contribution in [2.45, 2.75) is 60.5 Å². The van der Waals surface area contributed by atoms with Gasteiger partial charge in [0.05, 0.1) is 20.5 Å². The minimum Gasteiger partial charge on any atom is -0.254 e. The number of pyridine rings is 2. The summed E-state index contributed by atoms with van der Waals surface area (Å²) in [6, 6.07) is 8.72. The second-order valence-electron chi connectivity index (χ2n) is 8.84. The number of nitrogens with zero attached hydrogens (tertiary/aromatic N) is 2. The van der Waals surface area contributed by atoms with Crippen LogP contribution in [0.15, 0.2) is 36.7 Å². The summed E-state index contributed by atoms with van der Waals surface area (Å²) >= 11 is 4.38. The van der Waals surface area contributed by atoms with E-state index < -0.39 is 0 Å². The average molecular weight is 405 g/mol. The van der Waals surface area contributed by atoms with Crippen LogP contribution in [0, 0.1) is 0 Å². The molecule has 2 fully saturated rings. The number of fused-ring (bicyclic) bond motifs is 9. The summed E-state index contributed by atoms with van der Waals surface area (Å²) in [5.41, 5.74) is 5.38. The zero-order valence-electron chi connectivity index (χ0n) is 16.7. The van der Waals surface area contributed by atoms with Crippen LogP contribution in [-0.4, -0.2) is 30.0 Å². The lowest BCUT2D eigenvalue weighted by atomic mass is 9.73. The number of thioether (sulfide) groups is 2. The monoisotopic (exact) mass is 404 g/mol. The first-order valence-electron chi connectivity index (χ1n) is 10.2. The first kappa shape index (κ1) is 17.3. The van der Waals surface area contributed by atoms with E-state index in [2.05, 4.69) is 75.5 Å². The predicted molar refractivity (Wildman–Crippen MR) is 123 cm³/mol. The fourth-order valence-corrected chi connectivity index (χ4v) is 9.71. The van der Waals surface area contributed by atoms with Gasteiger partial charge < -0.3 is 0 Å². The molecule has 2 aliphatic heterocycles. The summed E-state index contributed by atoms with van der Waals surface area (Å²) in [6.07, 6.45) is 6.15. The molecule has 0 radical (unpaired) electrons. The Morgan fingerprint density at radius 2 is 1.21 bits per heavy atom. The zero-order valence-corrected chi connectivity index (χ0v) is 18.4. The highest BCUT2D eigenvalue weighted by Crippen LogP contribution is 2.65. The molecule has 0 spiro atoms. The molecule has 0 bridgehead atoms. The summed E-state index contributed by atoms with van der Waals surface area (Å²) in [6.45, 7) is 9.83. The zero-order chi connectivity index (χ0) is 19.3. The lowest BCUT2D eigenvalue weighted by Gasteiger charge is -2.45. The van der Waals surface area contributed by atoms with Crippen molar-refractivity contribution in [3.8, 4) is 0 Å². The maximum atomic E-state index is 4.79. The Labute approximate surface area is 173 Å². The lowest BCUT2D eigenvalue weighted by molar-refractivity contribution is 0.672. The van der Waals surface area contributed by atoms with E-state index in [9.17, 15) is 0 Å². The predicted octanol–water partition coefficient (Wildman–Crippen LogP) is 4.67. The van der Waals surface area contributed by atoms with Gasteiger partial charge in [0.1, 0.15) is 0 Å². The van der Waals surface area contributed by atoms with Gasteiger partial charge in [0.2, 0.25) is 0 Å². The molecule has 4 heterocycles. The Morgan fingerprint density at radius 1 is 0.786 bits per heavy atom. The van der Waals surface area contributed by atoms with Crippen molar-refractivity contribution in [2.75, 3.05) is 0 Å². The van der Waals surface area contributed by atoms with E-state index in [1.807, 2.05) is 12.4 Å². The molecule has 2 nitrogen and oxygen atoms in total. The summed E-state index contributed by atoms with van der Waals surface area (Å²) in [5, 5.41) is 6.83. The standard InChI is InChI=1S/C24H24N2S2/c1-13-11-17-19-15-7-5-9-25-21(15)22-16(8-6-10-26-22)20(19)18-12-14(2)28-24(18,4)23(17,3)27-13/h5-10,13-14H,11-12H2,1-4H3/t13?,14?,23-,24-/m0/s1. The van der Waals surface area contributed by atoms with Crippen molar-refractivity contribution in [3.63, 3.8) is 0 Å². The highest BCUT2D eigenvalue weighted by molar-refractivity contribution is 8.06. The number of hydrogen-bond donors (Lipinski definition) is 0. The highest BCUT2D eigenvalue weighted by atomic mass is 32.2. The van der Waals surface area contributed by atoms with E-state index >= 15 is 0 Å². The molecule has 2 aromatic heterocycles. The van der Waals surface area contributed by atoms with Crippen LogP contribution in [0.1, 0.15) is 40.5 Å². The molecule has 1 aromatic carbocycles. The minimum absolute atomic E-state index is 0.142. The topological polar surface area (TPSA) is 25.8 Å². The van der Waals surface area contributed by atoms with Crippen LogP contribution in [0.3, 0.4) is 0 Å². The molecule has 28 heavy (non-hydrogen) atoms. The molecule has 4 atom stereocenters. The number of hydrogen-bond acceptors (Lipinski definition) is 4. The molecule has 4 heteroatoms. The molecule has 0 saturated carbocycles. The Balaban J connectivity index is 1.99. The van der Waals surface area contributed by atoms with E-state index in [0.717, 1.165) is 11.0 Å². The summed E-state index contributed by atoms with van der Waals surface area (Å²) in [7, 11) is 0. The molecule has 142 valence electrons. The van der Waals surface area contributed by atoms with Gasteiger partial charge in [-0.1, -0.05) is 26.0 Å². The van der Waals surface area contributed by atoms with Gasteiger partial charge in [0.25, 0.3) is 0 Å². The van der Waals surface area contributed by atoms with Gasteiger partial charge in [-0.2, -0.15) is 0 Å². The van der Waals surface area contributed by atoms with Crippen molar-refractivity contribution < 1.29 is 0 Å². The van der Waals surface area contributed by atoms with Crippen molar-refractivity contribution in [1.29, 1.82) is 0 Å². The first-order chi connectivity index (χ1) is 13.4. The van der Waals surface area contributed by atoms with E-state index in [1.165, 1.54) is 34.1 Å². The van der Waals surface area contributed by atoms with Crippen molar-refractivity contribution in [3.05, 3.63) is 47.1 Å². The minimum atomic E-state index is 0.142. The van der Waals surface area contributed by atoms with E-state index in [1.54, 1.807) is 11.1 Å². The van der Waals surface area contributed by atoms with Crippen LogP contribution >= 0.6 is 23.5 Å². The molecule has 0 amide bonds. The van der Waals surface area contributed by atoms with Gasteiger partial charge in [-0.05, 0) is 60.4 Å². The van der Waals surface area contributed by atoms with Gasteiger partial charge in [0, 0.05) is 33.7 Å². The normalized spacial score (nSPS) is 34.0. The third-order valence-corrected chi connectivity index (χ3v) is 10.7. The van der Waals surface area contributed by atoms with Gasteiger partial charge >= 0.3 is 0 Å². The third-order valence-electron chi connectivity index (χ3n) is 7.15. The Morgan fingerprint density at radius 3 is 1.64 bits per heavy atom. The Kier molecular flexibility index (Phi) is 3.43. The molecule has 1 aliphatic carbocycles. The molecule has 3 aliphatic rings. The quantitative estimate of drug-likeness (QED) is 0.509. The second-order valence-corrected chi connectivity index (χ2v) is 12.6. The third kappa shape index (κ3) is 1.94. The first-order valence-corrected chi connectivity index (χ1v) is 11.9. The van der Waals surface area contributed by atoms with Gasteiger partial charge in [-0.15, -0.1) is 23.5 Å². The van der Waals surface area contributed by atoms with Crippen molar-refractivity contribution in [2.24, 2.45) is 0 Å². The van der Waals surface area contributed by atoms with Crippen LogP contribution in [0.25, 0.3) is 33.0 Å². The summed E-state index contributed by atoms with van der Waals surface area (Å²) in [4.78, 5) is 9.59. The molecule has 0 N–H and O–H groups in total. The highest BCUT2D eigenvalue weighted by Gasteiger charge is 2.59. The lowest BCUT2D eigenvalue weighted by Crippen LogP contribution is -2.53. The maximum absolute atomic E-state index is 4.79. The largest absolute Gasteiger partial charge is 0.254 e. The van der Waals surface area contributed by atoms with E-state index in [-0.39, 0.29) is 9.49 Å². The molecule has 2 unspecified atom stereocenters. The van der Waals surface area contributed by atoms with Gasteiger partial charge in [-0.3, -0.25) is 9.97 Å². The summed E-state index contributed by atoms with van der Waals surface area (Å²) < 4.78 is 0.283. The number of rotatable bonds is 0. The number of benzene rings is 1. The Hall–Kier alpha value is -1.52. The number of aromatic nitrogens is 2. The van der Waals surface area contributed by atoms with E-state index in [0.29, 0.717) is 10.5 Å². The van der Waals surface area contributed by atoms with Crippen LogP contribution < -0.4 is 10.4 Å². The molecular formula is C24H24N2S2. The van der Waals surface area contributed by atoms with Crippen LogP contribution in [0.5, 0.6) is 0 Å². The van der Waals surface area contributed by atoms with Gasteiger partial charge in [0.15, 0.2) is 0 Å². The fourth-order valence-electron chi connectivity index (χ4n) is 5.96. The van der Waals surface area contributed by atoms with Crippen LogP contribution in [0.2, 0.25) is 0 Å². The second kappa shape index (κ2) is 5.54. The van der Waals surface area contributed by atoms with Crippen LogP contribution in [0.4, 0.5) is 0 Å². The van der Waals surface area contributed by atoms with Gasteiger partial charge in [-0.25, -0.2) is 0 Å². The van der Waals surface area contributed by atoms with E-state index in [4.69, 9.17) is 9.97 Å². The van der Waals surface area contributed by atoms with Crippen molar-refractivity contribution in [1.82, 2.24) is 9.97 Å². The molecule has 2 saturated heterocycles. The average Bonchev–Trinajstić information content (AvgIpc) is 3.17. The molecule has 3 aromatic rings.